The lowest BCUT2D eigenvalue weighted by atomic mass is 10.2. The number of carbonyl (C=O) groups excluding carboxylic acids is 1. The molecule has 4 heteroatoms. The third kappa shape index (κ3) is 2.87. The summed E-state index contributed by atoms with van der Waals surface area (Å²) < 4.78 is 0. The zero-order valence-corrected chi connectivity index (χ0v) is 7.66. The summed E-state index contributed by atoms with van der Waals surface area (Å²) in [5.41, 5.74) is 6.30. The molecule has 0 aliphatic carbocycles. The molecular weight excluding hydrogens is 188 g/mol. The van der Waals surface area contributed by atoms with Crippen molar-refractivity contribution in [2.75, 3.05) is 5.88 Å². The number of aromatic nitrogens is 1. The second-order valence-electron chi connectivity index (χ2n) is 2.43. The summed E-state index contributed by atoms with van der Waals surface area (Å²) in [6, 6.07) is 1.67. The number of primary amides is 1. The molecule has 13 heavy (non-hydrogen) atoms. The number of rotatable bonds is 3. The first-order chi connectivity index (χ1) is 6.24. The first-order valence-electron chi connectivity index (χ1n) is 3.71. The van der Waals surface area contributed by atoms with Crippen molar-refractivity contribution in [3.8, 4) is 0 Å². The number of hydrogen-bond donors (Lipinski definition) is 1. The Kier molecular flexibility index (Phi) is 3.46. The predicted octanol–water partition coefficient (Wildman–Crippen LogP) is 1.43. The summed E-state index contributed by atoms with van der Waals surface area (Å²) in [6.07, 6.45) is 6.62. The van der Waals surface area contributed by atoms with Crippen LogP contribution in [-0.4, -0.2) is 16.8 Å². The Morgan fingerprint density at radius 1 is 1.62 bits per heavy atom. The maximum atomic E-state index is 10.8. The molecule has 1 heterocycles. The molecule has 1 aromatic rings. The van der Waals surface area contributed by atoms with Gasteiger partial charge < -0.3 is 5.73 Å². The average Bonchev–Trinajstić information content (AvgIpc) is 2.15. The molecule has 0 fully saturated rings. The standard InChI is InChI=1S/C9H9ClN2O/c10-3-1-2-7-4-8(9(11)13)6-12-5-7/h1-2,4-6H,3H2,(H2,11,13). The number of carbonyl (C=O) groups is 1. The van der Waals surface area contributed by atoms with Crippen LogP contribution >= 0.6 is 11.6 Å². The second kappa shape index (κ2) is 4.62. The molecule has 0 aromatic carbocycles. The lowest BCUT2D eigenvalue weighted by molar-refractivity contribution is 0.1000. The van der Waals surface area contributed by atoms with Crippen molar-refractivity contribution in [2.24, 2.45) is 5.73 Å². The van der Waals surface area contributed by atoms with Gasteiger partial charge in [0.2, 0.25) is 5.91 Å². The molecule has 0 aliphatic heterocycles. The van der Waals surface area contributed by atoms with Crippen molar-refractivity contribution in [1.82, 2.24) is 4.98 Å². The number of alkyl halides is 1. The fourth-order valence-electron chi connectivity index (χ4n) is 0.864. The summed E-state index contributed by atoms with van der Waals surface area (Å²) in [4.78, 5) is 14.6. The van der Waals surface area contributed by atoms with E-state index in [1.807, 2.05) is 0 Å². The number of halogens is 1. The molecule has 1 rings (SSSR count). The Labute approximate surface area is 81.2 Å². The normalized spacial score (nSPS) is 10.5. The van der Waals surface area contributed by atoms with E-state index in [1.54, 1.807) is 24.4 Å². The van der Waals surface area contributed by atoms with E-state index in [4.69, 9.17) is 17.3 Å². The van der Waals surface area contributed by atoms with Crippen molar-refractivity contribution in [3.05, 3.63) is 35.7 Å². The maximum absolute atomic E-state index is 10.8. The Morgan fingerprint density at radius 3 is 3.00 bits per heavy atom. The van der Waals surface area contributed by atoms with Crippen molar-refractivity contribution < 1.29 is 4.79 Å². The Bertz CT molecular complexity index is 336. The second-order valence-corrected chi connectivity index (χ2v) is 2.74. The largest absolute Gasteiger partial charge is 0.366 e. The highest BCUT2D eigenvalue weighted by molar-refractivity contribution is 6.19. The molecule has 3 nitrogen and oxygen atoms in total. The van der Waals surface area contributed by atoms with Crippen molar-refractivity contribution in [3.63, 3.8) is 0 Å². The van der Waals surface area contributed by atoms with Gasteiger partial charge in [0.1, 0.15) is 0 Å². The number of nitrogens with two attached hydrogens (primary N) is 1. The molecule has 1 amide bonds. The van der Waals surface area contributed by atoms with Crippen LogP contribution in [0.1, 0.15) is 15.9 Å². The Hall–Kier alpha value is -1.35. The van der Waals surface area contributed by atoms with Gasteiger partial charge in [-0.2, -0.15) is 0 Å². The minimum atomic E-state index is -0.478. The lowest BCUT2D eigenvalue weighted by Gasteiger charge is -1.95. The predicted molar refractivity (Wildman–Crippen MR) is 52.5 cm³/mol. The molecule has 0 atom stereocenters. The SMILES string of the molecule is NC(=O)c1cncc(C=CCCl)c1. The van der Waals surface area contributed by atoms with E-state index in [0.717, 1.165) is 5.56 Å². The van der Waals surface area contributed by atoms with Gasteiger partial charge in [-0.15, -0.1) is 11.6 Å². The smallest absolute Gasteiger partial charge is 0.250 e. The number of allylic oxidation sites excluding steroid dienone is 1. The van der Waals surface area contributed by atoms with Gasteiger partial charge in [0.05, 0.1) is 5.56 Å². The Balaban J connectivity index is 2.92. The number of nitrogens with zero attached hydrogens (tertiary/aromatic N) is 1. The van der Waals surface area contributed by atoms with Crippen LogP contribution in [-0.2, 0) is 0 Å². The highest BCUT2D eigenvalue weighted by Crippen LogP contribution is 2.04. The van der Waals surface area contributed by atoms with Crippen LogP contribution in [0.4, 0.5) is 0 Å². The number of amides is 1. The van der Waals surface area contributed by atoms with Crippen molar-refractivity contribution in [2.45, 2.75) is 0 Å². The van der Waals surface area contributed by atoms with Gasteiger partial charge in [0, 0.05) is 18.3 Å². The molecule has 0 saturated carbocycles. The fourth-order valence-corrected chi connectivity index (χ4v) is 0.953. The highest BCUT2D eigenvalue weighted by atomic mass is 35.5. The molecule has 0 aliphatic rings. The molecule has 2 N–H and O–H groups in total. The number of pyridine rings is 1. The molecular formula is C9H9ClN2O. The van der Waals surface area contributed by atoms with Gasteiger partial charge in [0.25, 0.3) is 0 Å². The van der Waals surface area contributed by atoms with E-state index in [1.165, 1.54) is 6.20 Å². The fraction of sp³-hybridized carbons (Fsp3) is 0.111. The lowest BCUT2D eigenvalue weighted by Crippen LogP contribution is -2.11. The van der Waals surface area contributed by atoms with Crippen LogP contribution in [0.2, 0.25) is 0 Å². The average molecular weight is 197 g/mol. The van der Waals surface area contributed by atoms with Gasteiger partial charge in [-0.25, -0.2) is 0 Å². The van der Waals surface area contributed by atoms with Crippen LogP contribution in [0.3, 0.4) is 0 Å². The maximum Gasteiger partial charge on any atom is 0.250 e. The third-order valence-corrected chi connectivity index (χ3v) is 1.62. The van der Waals surface area contributed by atoms with E-state index in [0.29, 0.717) is 11.4 Å². The summed E-state index contributed by atoms with van der Waals surface area (Å²) in [6.45, 7) is 0. The molecule has 0 radical (unpaired) electrons. The van der Waals surface area contributed by atoms with E-state index < -0.39 is 5.91 Å². The summed E-state index contributed by atoms with van der Waals surface area (Å²) in [5, 5.41) is 0. The van der Waals surface area contributed by atoms with Crippen LogP contribution in [0.25, 0.3) is 6.08 Å². The molecule has 0 bridgehead atoms. The Morgan fingerprint density at radius 2 is 2.38 bits per heavy atom. The first kappa shape index (κ1) is 9.74. The van der Waals surface area contributed by atoms with Gasteiger partial charge in [-0.3, -0.25) is 9.78 Å². The van der Waals surface area contributed by atoms with Gasteiger partial charge in [-0.05, 0) is 11.6 Å². The van der Waals surface area contributed by atoms with E-state index in [9.17, 15) is 4.79 Å². The van der Waals surface area contributed by atoms with Gasteiger partial charge in [0.15, 0.2) is 0 Å². The molecule has 0 saturated heterocycles. The number of hydrogen-bond acceptors (Lipinski definition) is 2. The van der Waals surface area contributed by atoms with E-state index >= 15 is 0 Å². The zero-order chi connectivity index (χ0) is 9.68. The summed E-state index contributed by atoms with van der Waals surface area (Å²) >= 11 is 5.45. The third-order valence-electron chi connectivity index (χ3n) is 1.44. The zero-order valence-electron chi connectivity index (χ0n) is 6.90. The minimum absolute atomic E-state index is 0.400. The van der Waals surface area contributed by atoms with Gasteiger partial charge in [-0.1, -0.05) is 12.2 Å². The highest BCUT2D eigenvalue weighted by Gasteiger charge is 1.99. The monoisotopic (exact) mass is 196 g/mol. The quantitative estimate of drug-likeness (QED) is 0.744. The molecule has 1 aromatic heterocycles. The van der Waals surface area contributed by atoms with Crippen LogP contribution in [0.5, 0.6) is 0 Å². The molecule has 0 spiro atoms. The molecule has 68 valence electrons. The van der Waals surface area contributed by atoms with Crippen LogP contribution in [0, 0.1) is 0 Å². The van der Waals surface area contributed by atoms with Crippen LogP contribution in [0.15, 0.2) is 24.5 Å². The van der Waals surface area contributed by atoms with Crippen molar-refractivity contribution in [1.29, 1.82) is 0 Å². The van der Waals surface area contributed by atoms with Crippen molar-refractivity contribution >= 4 is 23.6 Å². The first-order valence-corrected chi connectivity index (χ1v) is 4.25. The van der Waals surface area contributed by atoms with Gasteiger partial charge >= 0.3 is 0 Å². The van der Waals surface area contributed by atoms with Crippen LogP contribution < -0.4 is 5.73 Å². The van der Waals surface area contributed by atoms with E-state index in [-0.39, 0.29) is 0 Å². The molecule has 0 unspecified atom stereocenters. The topological polar surface area (TPSA) is 56.0 Å². The summed E-state index contributed by atoms with van der Waals surface area (Å²) in [7, 11) is 0. The van der Waals surface area contributed by atoms with E-state index in [2.05, 4.69) is 4.98 Å². The minimum Gasteiger partial charge on any atom is -0.366 e. The summed E-state index contributed by atoms with van der Waals surface area (Å²) in [5.74, 6) is -0.0468.